The third-order valence-corrected chi connectivity index (χ3v) is 9.71. The molecule has 1 aliphatic carbocycles. The third-order valence-electron chi connectivity index (χ3n) is 5.24. The molecule has 0 heterocycles. The summed E-state index contributed by atoms with van der Waals surface area (Å²) in [5.41, 5.74) is 3.51. The Labute approximate surface area is 140 Å². The first-order valence-electron chi connectivity index (χ1n) is 8.17. The molecule has 1 nitrogen and oxygen atoms in total. The summed E-state index contributed by atoms with van der Waals surface area (Å²) in [5.74, 6) is 0. The summed E-state index contributed by atoms with van der Waals surface area (Å²) in [6.45, 7) is 6.67. The highest BCUT2D eigenvalue weighted by Crippen LogP contribution is 2.46. The predicted octanol–water partition coefficient (Wildman–Crippen LogP) is 4.97. The zero-order chi connectivity index (χ0) is 16.5. The van der Waals surface area contributed by atoms with Crippen LogP contribution in [0.1, 0.15) is 16.7 Å². The van der Waals surface area contributed by atoms with Crippen molar-refractivity contribution in [2.45, 2.75) is 30.8 Å². The highest BCUT2D eigenvalue weighted by atomic mass is 28.3. The van der Waals surface area contributed by atoms with Crippen LogP contribution < -0.4 is 0 Å². The van der Waals surface area contributed by atoms with E-state index in [4.69, 9.17) is 0 Å². The summed E-state index contributed by atoms with van der Waals surface area (Å²) in [6, 6.07) is 18.4. The number of hydrogen-bond acceptors (Lipinski definition) is 1. The molecule has 0 aromatic heterocycles. The van der Waals surface area contributed by atoms with Gasteiger partial charge in [0.1, 0.15) is 13.3 Å². The lowest BCUT2D eigenvalue weighted by Crippen LogP contribution is -2.55. The second-order valence-corrected chi connectivity index (χ2v) is 11.7. The molecule has 0 amide bonds. The Morgan fingerprint density at radius 3 is 2.04 bits per heavy atom. The maximum absolute atomic E-state index is 12.1. The lowest BCUT2D eigenvalue weighted by atomic mass is 9.96. The van der Waals surface area contributed by atoms with E-state index in [9.17, 15) is 5.11 Å². The smallest absolute Gasteiger partial charge is 0.107 e. The Balaban J connectivity index is 2.25. The van der Waals surface area contributed by atoms with Gasteiger partial charge in [-0.1, -0.05) is 92.0 Å². The van der Waals surface area contributed by atoms with Gasteiger partial charge in [0, 0.05) is 0 Å². The van der Waals surface area contributed by atoms with Crippen LogP contribution >= 0.6 is 0 Å². The van der Waals surface area contributed by atoms with Crippen LogP contribution in [0.25, 0.3) is 0 Å². The molecule has 0 aliphatic heterocycles. The molecule has 2 heteroatoms. The standard InChI is InChI=1S/C21H24OSi/c1-17-11-7-10-16-20(17)21(22,18-12-5-4-6-13-18)23(2,3)19-14-8-9-15-19/h4-16,19,22H,1-3H3. The van der Waals surface area contributed by atoms with Crippen molar-refractivity contribution in [1.82, 2.24) is 0 Å². The van der Waals surface area contributed by atoms with E-state index in [-0.39, 0.29) is 0 Å². The van der Waals surface area contributed by atoms with Crippen molar-refractivity contribution >= 4 is 8.07 Å². The molecule has 23 heavy (non-hydrogen) atoms. The molecule has 118 valence electrons. The fraction of sp³-hybridized carbons (Fsp3) is 0.238. The van der Waals surface area contributed by atoms with Gasteiger partial charge in [-0.05, 0) is 29.2 Å². The third kappa shape index (κ3) is 2.52. The zero-order valence-electron chi connectivity index (χ0n) is 14.0. The monoisotopic (exact) mass is 320 g/mol. The van der Waals surface area contributed by atoms with Crippen LogP contribution in [0.5, 0.6) is 0 Å². The van der Waals surface area contributed by atoms with E-state index in [1.807, 2.05) is 30.3 Å². The maximum atomic E-state index is 12.1. The summed E-state index contributed by atoms with van der Waals surface area (Å²) in [5, 5.41) is 11.2. The van der Waals surface area contributed by atoms with Crippen LogP contribution in [0.3, 0.4) is 0 Å². The van der Waals surface area contributed by atoms with Gasteiger partial charge in [0.15, 0.2) is 0 Å². The number of hydrogen-bond donors (Lipinski definition) is 1. The van der Waals surface area contributed by atoms with Gasteiger partial charge in [-0.15, -0.1) is 0 Å². The minimum atomic E-state index is -2.16. The predicted molar refractivity (Wildman–Crippen MR) is 100 cm³/mol. The zero-order valence-corrected chi connectivity index (χ0v) is 15.0. The highest BCUT2D eigenvalue weighted by molar-refractivity contribution is 6.82. The molecular weight excluding hydrogens is 296 g/mol. The molecule has 0 saturated heterocycles. The van der Waals surface area contributed by atoms with Crippen molar-refractivity contribution in [3.63, 3.8) is 0 Å². The Kier molecular flexibility index (Phi) is 4.13. The highest BCUT2D eigenvalue weighted by Gasteiger charge is 2.51. The van der Waals surface area contributed by atoms with Crippen molar-refractivity contribution in [3.05, 3.63) is 95.6 Å². The van der Waals surface area contributed by atoms with E-state index >= 15 is 0 Å². The molecule has 2 aromatic carbocycles. The van der Waals surface area contributed by atoms with Gasteiger partial charge >= 0.3 is 0 Å². The molecule has 2 aromatic rings. The van der Waals surface area contributed by atoms with Crippen molar-refractivity contribution in [2.75, 3.05) is 0 Å². The lowest BCUT2D eigenvalue weighted by molar-refractivity contribution is 0.156. The Hall–Kier alpha value is -1.90. The quantitative estimate of drug-likeness (QED) is 0.788. The molecule has 0 fully saturated rings. The number of allylic oxidation sites excluding steroid dienone is 4. The number of aryl methyl sites for hydroxylation is 1. The number of rotatable bonds is 4. The van der Waals surface area contributed by atoms with E-state index in [0.717, 1.165) is 16.7 Å². The summed E-state index contributed by atoms with van der Waals surface area (Å²) in [6.07, 6.45) is 8.67. The minimum absolute atomic E-state index is 0.326. The van der Waals surface area contributed by atoms with Crippen molar-refractivity contribution < 1.29 is 5.11 Å². The molecule has 1 atom stereocenters. The molecule has 1 unspecified atom stereocenters. The molecule has 0 bridgehead atoms. The molecule has 1 N–H and O–H groups in total. The lowest BCUT2D eigenvalue weighted by Gasteiger charge is -2.45. The van der Waals surface area contributed by atoms with E-state index in [1.54, 1.807) is 0 Å². The van der Waals surface area contributed by atoms with Gasteiger partial charge in [-0.2, -0.15) is 0 Å². The largest absolute Gasteiger partial charge is 0.384 e. The van der Waals surface area contributed by atoms with Crippen LogP contribution in [-0.4, -0.2) is 13.2 Å². The van der Waals surface area contributed by atoms with Gasteiger partial charge in [0.2, 0.25) is 0 Å². The average molecular weight is 321 g/mol. The van der Waals surface area contributed by atoms with Crippen LogP contribution in [0.2, 0.25) is 18.6 Å². The van der Waals surface area contributed by atoms with E-state index in [1.165, 1.54) is 0 Å². The molecule has 1 aliphatic rings. The first kappa shape index (κ1) is 16.0. The summed E-state index contributed by atoms with van der Waals surface area (Å²) < 4.78 is 0. The van der Waals surface area contributed by atoms with Gasteiger partial charge in [-0.3, -0.25) is 0 Å². The van der Waals surface area contributed by atoms with Crippen molar-refractivity contribution in [3.8, 4) is 0 Å². The normalized spacial score (nSPS) is 17.4. The van der Waals surface area contributed by atoms with E-state index in [0.29, 0.717) is 5.54 Å². The Morgan fingerprint density at radius 2 is 1.43 bits per heavy atom. The maximum Gasteiger partial charge on any atom is 0.107 e. The molecule has 0 spiro atoms. The summed E-state index contributed by atoms with van der Waals surface area (Å²) >= 11 is 0. The van der Waals surface area contributed by atoms with Crippen molar-refractivity contribution in [1.29, 1.82) is 0 Å². The van der Waals surface area contributed by atoms with Crippen LogP contribution in [0, 0.1) is 6.92 Å². The van der Waals surface area contributed by atoms with E-state index in [2.05, 4.69) is 68.6 Å². The second kappa shape index (κ2) is 5.95. The first-order chi connectivity index (χ1) is 11.0. The second-order valence-electron chi connectivity index (χ2n) is 6.91. The Morgan fingerprint density at radius 1 is 0.870 bits per heavy atom. The fourth-order valence-corrected chi connectivity index (χ4v) is 7.24. The molecular formula is C21H24OSi. The first-order valence-corrected chi connectivity index (χ1v) is 11.2. The SMILES string of the molecule is Cc1ccccc1C(O)(c1ccccc1)[Si](C)(C)C1C=CC=C1. The minimum Gasteiger partial charge on any atom is -0.384 e. The van der Waals surface area contributed by atoms with Gasteiger partial charge in [0.25, 0.3) is 0 Å². The van der Waals surface area contributed by atoms with E-state index < -0.39 is 13.3 Å². The Bertz CT molecular complexity index is 733. The molecule has 0 radical (unpaired) electrons. The summed E-state index contributed by atoms with van der Waals surface area (Å²) in [7, 11) is -2.16. The van der Waals surface area contributed by atoms with Gasteiger partial charge in [-0.25, -0.2) is 0 Å². The van der Waals surface area contributed by atoms with Crippen molar-refractivity contribution in [2.24, 2.45) is 0 Å². The molecule has 3 rings (SSSR count). The van der Waals surface area contributed by atoms with Gasteiger partial charge < -0.3 is 5.11 Å². The molecule has 0 saturated carbocycles. The number of aliphatic hydroxyl groups is 1. The summed E-state index contributed by atoms with van der Waals surface area (Å²) in [4.78, 5) is 0. The van der Waals surface area contributed by atoms with Crippen LogP contribution in [0.4, 0.5) is 0 Å². The van der Waals surface area contributed by atoms with Crippen LogP contribution in [0.15, 0.2) is 78.9 Å². The van der Waals surface area contributed by atoms with Gasteiger partial charge in [0.05, 0.1) is 0 Å². The topological polar surface area (TPSA) is 20.2 Å². The fourth-order valence-electron chi connectivity index (χ4n) is 3.69. The average Bonchev–Trinajstić information content (AvgIpc) is 3.10. The number of benzene rings is 2. The van der Waals surface area contributed by atoms with Crippen LogP contribution in [-0.2, 0) is 5.22 Å².